The van der Waals surface area contributed by atoms with Gasteiger partial charge in [-0.3, -0.25) is 0 Å². The number of hydrogen-bond acceptors (Lipinski definition) is 3. The van der Waals surface area contributed by atoms with E-state index in [-0.39, 0.29) is 10.8 Å². The molecule has 12 rings (SSSR count). The highest BCUT2D eigenvalue weighted by Crippen LogP contribution is 2.42. The zero-order chi connectivity index (χ0) is 43.5. The minimum Gasteiger partial charge on any atom is -0.309 e. The SMILES string of the molecule is CC(C)(C)c1ccc2c(c1)c1cc(C(C)(C)C)ccc1n2-c1ccccc1-c1nc2nc(n1)c1ccccc1c1cc(cc3c4ccccc4n(-c4ccccc4)c13)c1ccccc21. The molecule has 5 heteroatoms. The first-order valence-electron chi connectivity index (χ1n) is 22.3. The van der Waals surface area contributed by atoms with Crippen LogP contribution in [0.25, 0.3) is 110 Å². The molecule has 12 aromatic rings. The number of hydrogen-bond donors (Lipinski definition) is 0. The van der Waals surface area contributed by atoms with Crippen molar-refractivity contribution in [2.24, 2.45) is 0 Å². The van der Waals surface area contributed by atoms with Crippen LogP contribution in [0, 0.1) is 0 Å². The molecule has 0 N–H and O–H groups in total. The zero-order valence-electron chi connectivity index (χ0n) is 37.0. The molecule has 0 atom stereocenters. The van der Waals surface area contributed by atoms with Crippen molar-refractivity contribution in [1.29, 1.82) is 0 Å². The Hall–Kier alpha value is -7.63. The Balaban J connectivity index is 1.22. The molecule has 0 amide bonds. The topological polar surface area (TPSA) is 48.5 Å². The maximum absolute atomic E-state index is 5.49. The quantitative estimate of drug-likeness (QED) is 0.178. The summed E-state index contributed by atoms with van der Waals surface area (Å²) < 4.78 is 4.83. The molecule has 0 unspecified atom stereocenters. The Bertz CT molecular complexity index is 3840. The molecule has 8 aromatic carbocycles. The standard InChI is InChI=1S/C59H47N5/c1-58(2,3)37-28-30-52-46(34-37)47-35-38(59(4,5)6)29-31-53(47)64(52)51-27-17-15-25-45(51)57-61-55-43-23-12-10-20-40(43)36-32-48(41-21-11-13-24-44(41)56(60-55)62-57)54-49(33-36)42-22-14-16-26-50(42)63(54)39-18-8-7-9-19-39/h7-35H,1-6H3. The van der Waals surface area contributed by atoms with Gasteiger partial charge in [0.1, 0.15) is 0 Å². The summed E-state index contributed by atoms with van der Waals surface area (Å²) in [5.41, 5.74) is 11.6. The van der Waals surface area contributed by atoms with Crippen LogP contribution in [0.3, 0.4) is 0 Å². The lowest BCUT2D eigenvalue weighted by Gasteiger charge is -2.19. The second kappa shape index (κ2) is 13.9. The molecule has 0 spiro atoms. The van der Waals surface area contributed by atoms with Gasteiger partial charge in [0.15, 0.2) is 17.1 Å². The van der Waals surface area contributed by atoms with E-state index in [2.05, 4.69) is 227 Å². The summed E-state index contributed by atoms with van der Waals surface area (Å²) in [6.45, 7) is 13.7. The lowest BCUT2D eigenvalue weighted by Crippen LogP contribution is -2.10. The van der Waals surface area contributed by atoms with Crippen molar-refractivity contribution in [1.82, 2.24) is 24.1 Å². The second-order valence-electron chi connectivity index (χ2n) is 19.3. The molecule has 0 saturated heterocycles. The number of nitrogens with zero attached hydrogens (tertiary/aromatic N) is 5. The Labute approximate surface area is 371 Å². The maximum atomic E-state index is 5.49. The fourth-order valence-corrected chi connectivity index (χ4v) is 9.96. The summed E-state index contributed by atoms with van der Waals surface area (Å²) in [6.07, 6.45) is 0. The molecule has 4 bridgehead atoms. The normalized spacial score (nSPS) is 12.5. The maximum Gasteiger partial charge on any atom is 0.166 e. The first kappa shape index (κ1) is 38.1. The fraction of sp³-hybridized carbons (Fsp3) is 0.136. The number of rotatable bonds is 3. The highest BCUT2D eigenvalue weighted by molar-refractivity contribution is 6.24. The molecule has 4 heterocycles. The van der Waals surface area contributed by atoms with Crippen molar-refractivity contribution in [3.05, 3.63) is 187 Å². The zero-order valence-corrected chi connectivity index (χ0v) is 37.0. The van der Waals surface area contributed by atoms with E-state index in [4.69, 9.17) is 15.0 Å². The molecule has 0 saturated carbocycles. The smallest absolute Gasteiger partial charge is 0.166 e. The van der Waals surface area contributed by atoms with Gasteiger partial charge in [0.2, 0.25) is 0 Å². The molecule has 0 radical (unpaired) electrons. The summed E-state index contributed by atoms with van der Waals surface area (Å²) >= 11 is 0. The highest BCUT2D eigenvalue weighted by Gasteiger charge is 2.23. The monoisotopic (exact) mass is 825 g/mol. The van der Waals surface area contributed by atoms with Gasteiger partial charge in [0.25, 0.3) is 0 Å². The van der Waals surface area contributed by atoms with Gasteiger partial charge in [-0.2, -0.15) is 0 Å². The third kappa shape index (κ3) is 5.87. The van der Waals surface area contributed by atoms with Crippen molar-refractivity contribution in [3.8, 4) is 22.8 Å². The lowest BCUT2D eigenvalue weighted by molar-refractivity contribution is 0.590. The first-order valence-corrected chi connectivity index (χ1v) is 22.3. The van der Waals surface area contributed by atoms with E-state index in [9.17, 15) is 0 Å². The number of fused-ring (bicyclic) bond motifs is 17. The third-order valence-electron chi connectivity index (χ3n) is 13.2. The number of benzene rings is 8. The van der Waals surface area contributed by atoms with Gasteiger partial charge in [-0.25, -0.2) is 15.0 Å². The Kier molecular flexibility index (Phi) is 8.29. The summed E-state index contributed by atoms with van der Waals surface area (Å²) in [5.74, 6) is 0.626. The van der Waals surface area contributed by atoms with Gasteiger partial charge in [-0.15, -0.1) is 0 Å². The molecule has 0 aliphatic carbocycles. The molecule has 0 aliphatic rings. The van der Waals surface area contributed by atoms with Gasteiger partial charge < -0.3 is 9.13 Å². The summed E-state index contributed by atoms with van der Waals surface area (Å²) in [6, 6.07) is 63.9. The molecule has 5 nitrogen and oxygen atoms in total. The van der Waals surface area contributed by atoms with Crippen LogP contribution < -0.4 is 0 Å². The number of aromatic nitrogens is 5. The van der Waals surface area contributed by atoms with Crippen molar-refractivity contribution in [2.45, 2.75) is 52.4 Å². The Morgan fingerprint density at radius 1 is 0.359 bits per heavy atom. The Morgan fingerprint density at radius 2 is 0.844 bits per heavy atom. The second-order valence-corrected chi connectivity index (χ2v) is 19.3. The van der Waals surface area contributed by atoms with E-state index in [1.54, 1.807) is 0 Å². The van der Waals surface area contributed by atoms with Crippen LogP contribution in [-0.4, -0.2) is 24.1 Å². The molecule has 0 aliphatic heterocycles. The van der Waals surface area contributed by atoms with Crippen LogP contribution in [0.2, 0.25) is 0 Å². The van der Waals surface area contributed by atoms with Gasteiger partial charge >= 0.3 is 0 Å². The van der Waals surface area contributed by atoms with Crippen LogP contribution >= 0.6 is 0 Å². The highest BCUT2D eigenvalue weighted by atomic mass is 15.0. The van der Waals surface area contributed by atoms with Crippen molar-refractivity contribution in [2.75, 3.05) is 0 Å². The molecular formula is C59H47N5. The van der Waals surface area contributed by atoms with Crippen molar-refractivity contribution >= 4 is 87.2 Å². The average Bonchev–Trinajstić information content (AvgIpc) is 3.83. The van der Waals surface area contributed by atoms with E-state index < -0.39 is 0 Å². The molecule has 64 heavy (non-hydrogen) atoms. The van der Waals surface area contributed by atoms with E-state index in [1.807, 2.05) is 0 Å². The van der Waals surface area contributed by atoms with E-state index in [0.717, 1.165) is 71.3 Å². The van der Waals surface area contributed by atoms with Crippen LogP contribution in [0.4, 0.5) is 0 Å². The third-order valence-corrected chi connectivity index (χ3v) is 13.2. The van der Waals surface area contributed by atoms with Crippen LogP contribution in [0.5, 0.6) is 0 Å². The largest absolute Gasteiger partial charge is 0.309 e. The van der Waals surface area contributed by atoms with Crippen LogP contribution in [0.1, 0.15) is 52.7 Å². The van der Waals surface area contributed by atoms with Crippen molar-refractivity contribution in [3.63, 3.8) is 0 Å². The first-order chi connectivity index (χ1) is 31.0. The predicted octanol–water partition coefficient (Wildman–Crippen LogP) is 15.5. The predicted molar refractivity (Wildman–Crippen MR) is 270 cm³/mol. The average molecular weight is 826 g/mol. The van der Waals surface area contributed by atoms with E-state index in [0.29, 0.717) is 17.1 Å². The summed E-state index contributed by atoms with van der Waals surface area (Å²) in [5, 5.41) is 11.2. The molecule has 4 aromatic heterocycles. The lowest BCUT2D eigenvalue weighted by atomic mass is 9.85. The van der Waals surface area contributed by atoms with Gasteiger partial charge in [-0.1, -0.05) is 151 Å². The molecular weight excluding hydrogens is 779 g/mol. The van der Waals surface area contributed by atoms with Crippen molar-refractivity contribution < 1.29 is 0 Å². The van der Waals surface area contributed by atoms with Gasteiger partial charge in [0, 0.05) is 49.0 Å². The summed E-state index contributed by atoms with van der Waals surface area (Å²) in [4.78, 5) is 16.3. The van der Waals surface area contributed by atoms with E-state index in [1.165, 1.54) is 32.7 Å². The van der Waals surface area contributed by atoms with Gasteiger partial charge in [-0.05, 0) is 105 Å². The fourth-order valence-electron chi connectivity index (χ4n) is 9.96. The molecule has 0 fully saturated rings. The molecule has 308 valence electrons. The number of para-hydroxylation sites is 3. The van der Waals surface area contributed by atoms with Crippen LogP contribution in [-0.2, 0) is 10.8 Å². The van der Waals surface area contributed by atoms with E-state index >= 15 is 0 Å². The Morgan fingerprint density at radius 3 is 1.47 bits per heavy atom. The van der Waals surface area contributed by atoms with Crippen LogP contribution in [0.15, 0.2) is 176 Å². The minimum absolute atomic E-state index is 0.000729. The minimum atomic E-state index is -0.000729. The van der Waals surface area contributed by atoms with Gasteiger partial charge in [0.05, 0.1) is 27.8 Å². The summed E-state index contributed by atoms with van der Waals surface area (Å²) in [7, 11) is 0.